The lowest BCUT2D eigenvalue weighted by atomic mass is 10.0. The highest BCUT2D eigenvalue weighted by Crippen LogP contribution is 2.30. The molecular formula is C18H16BrNO2. The molecule has 0 N–H and O–H groups in total. The number of benzene rings is 2. The third kappa shape index (κ3) is 3.90. The van der Waals surface area contributed by atoms with Crippen LogP contribution < -0.4 is 9.47 Å². The Kier molecular flexibility index (Phi) is 5.62. The highest BCUT2D eigenvalue weighted by atomic mass is 79.9. The van der Waals surface area contributed by atoms with E-state index in [1.807, 2.05) is 55.5 Å². The molecule has 0 radical (unpaired) electrons. The van der Waals surface area contributed by atoms with Crippen LogP contribution in [0, 0.1) is 11.3 Å². The fourth-order valence-electron chi connectivity index (χ4n) is 2.03. The predicted molar refractivity (Wildman–Crippen MR) is 91.8 cm³/mol. The Balaban J connectivity index is 2.39. The number of hydrogen-bond acceptors (Lipinski definition) is 3. The lowest BCUT2D eigenvalue weighted by Crippen LogP contribution is -1.95. The molecular weight excluding hydrogens is 342 g/mol. The van der Waals surface area contributed by atoms with Gasteiger partial charge in [0.15, 0.2) is 11.5 Å². The van der Waals surface area contributed by atoms with Crippen molar-refractivity contribution in [1.82, 2.24) is 0 Å². The Morgan fingerprint density at radius 2 is 1.91 bits per heavy atom. The van der Waals surface area contributed by atoms with Crippen LogP contribution in [0.2, 0.25) is 0 Å². The molecule has 0 bridgehead atoms. The van der Waals surface area contributed by atoms with Crippen molar-refractivity contribution in [3.63, 3.8) is 0 Å². The summed E-state index contributed by atoms with van der Waals surface area (Å²) in [5, 5.41) is 9.40. The first-order chi connectivity index (χ1) is 10.7. The molecule has 0 atom stereocenters. The number of ether oxygens (including phenoxy) is 2. The van der Waals surface area contributed by atoms with Crippen molar-refractivity contribution in [1.29, 1.82) is 5.26 Å². The second-order valence-corrected chi connectivity index (χ2v) is 5.44. The van der Waals surface area contributed by atoms with Gasteiger partial charge in [-0.15, -0.1) is 0 Å². The quantitative estimate of drug-likeness (QED) is 0.563. The lowest BCUT2D eigenvalue weighted by molar-refractivity contribution is 0.311. The van der Waals surface area contributed by atoms with E-state index >= 15 is 0 Å². The number of halogens is 1. The minimum atomic E-state index is 0.557. The molecule has 0 fully saturated rings. The summed E-state index contributed by atoms with van der Waals surface area (Å²) in [6.07, 6.45) is 1.84. The highest BCUT2D eigenvalue weighted by Gasteiger charge is 2.06. The van der Waals surface area contributed by atoms with Gasteiger partial charge in [0.2, 0.25) is 0 Å². The number of nitriles is 1. The molecule has 0 saturated heterocycles. The highest BCUT2D eigenvalue weighted by molar-refractivity contribution is 9.10. The minimum Gasteiger partial charge on any atom is -0.493 e. The van der Waals surface area contributed by atoms with Crippen molar-refractivity contribution in [3.05, 3.63) is 58.1 Å². The van der Waals surface area contributed by atoms with Gasteiger partial charge in [-0.2, -0.15) is 5.26 Å². The van der Waals surface area contributed by atoms with Crippen molar-refractivity contribution < 1.29 is 9.47 Å². The van der Waals surface area contributed by atoms with Gasteiger partial charge in [0.05, 0.1) is 25.4 Å². The van der Waals surface area contributed by atoms with Crippen LogP contribution >= 0.6 is 15.9 Å². The van der Waals surface area contributed by atoms with Gasteiger partial charge in [0.1, 0.15) is 0 Å². The van der Waals surface area contributed by atoms with E-state index in [2.05, 4.69) is 22.0 Å². The van der Waals surface area contributed by atoms with Gasteiger partial charge in [-0.05, 0) is 48.4 Å². The van der Waals surface area contributed by atoms with Crippen LogP contribution in [0.25, 0.3) is 11.6 Å². The molecule has 3 nitrogen and oxygen atoms in total. The third-order valence-corrected chi connectivity index (χ3v) is 3.60. The second-order valence-electron chi connectivity index (χ2n) is 4.52. The SMILES string of the molecule is CCOc1cc(/C=C(/C#N)c2ccc(Br)cc2)ccc1OC. The van der Waals surface area contributed by atoms with E-state index in [-0.39, 0.29) is 0 Å². The summed E-state index contributed by atoms with van der Waals surface area (Å²) in [5.74, 6) is 1.35. The van der Waals surface area contributed by atoms with Gasteiger partial charge in [-0.1, -0.05) is 34.1 Å². The molecule has 0 aromatic heterocycles. The van der Waals surface area contributed by atoms with E-state index in [1.165, 1.54) is 0 Å². The average Bonchev–Trinajstić information content (AvgIpc) is 2.54. The maximum atomic E-state index is 9.40. The summed E-state index contributed by atoms with van der Waals surface area (Å²) in [4.78, 5) is 0. The second kappa shape index (κ2) is 7.67. The zero-order chi connectivity index (χ0) is 15.9. The molecule has 0 spiro atoms. The standard InChI is InChI=1S/C18H16BrNO2/c1-3-22-18-11-13(4-9-17(18)21-2)10-15(12-20)14-5-7-16(19)8-6-14/h4-11H,3H2,1-2H3/b15-10-. The van der Waals surface area contributed by atoms with Crippen LogP contribution in [0.1, 0.15) is 18.1 Å². The molecule has 4 heteroatoms. The number of methoxy groups -OCH3 is 1. The Hall–Kier alpha value is -2.25. The molecule has 0 aliphatic carbocycles. The van der Waals surface area contributed by atoms with Gasteiger partial charge < -0.3 is 9.47 Å². The first-order valence-electron chi connectivity index (χ1n) is 6.86. The smallest absolute Gasteiger partial charge is 0.161 e. The molecule has 0 aliphatic heterocycles. The van der Waals surface area contributed by atoms with E-state index in [4.69, 9.17) is 9.47 Å². The Bertz CT molecular complexity index is 715. The molecule has 0 amide bonds. The molecule has 2 aromatic carbocycles. The molecule has 22 heavy (non-hydrogen) atoms. The number of allylic oxidation sites excluding steroid dienone is 1. The van der Waals surface area contributed by atoms with E-state index in [9.17, 15) is 5.26 Å². The number of hydrogen-bond donors (Lipinski definition) is 0. The molecule has 0 heterocycles. The molecule has 112 valence electrons. The maximum Gasteiger partial charge on any atom is 0.161 e. The van der Waals surface area contributed by atoms with Gasteiger partial charge in [-0.3, -0.25) is 0 Å². The van der Waals surface area contributed by atoms with Crippen LogP contribution in [0.5, 0.6) is 11.5 Å². The van der Waals surface area contributed by atoms with E-state index < -0.39 is 0 Å². The largest absolute Gasteiger partial charge is 0.493 e. The van der Waals surface area contributed by atoms with Crippen molar-refractivity contribution in [3.8, 4) is 17.6 Å². The van der Waals surface area contributed by atoms with Crippen molar-refractivity contribution in [2.45, 2.75) is 6.92 Å². The summed E-state index contributed by atoms with van der Waals surface area (Å²) in [5.41, 5.74) is 2.36. The fraction of sp³-hybridized carbons (Fsp3) is 0.167. The van der Waals surface area contributed by atoms with Gasteiger partial charge in [-0.25, -0.2) is 0 Å². The van der Waals surface area contributed by atoms with Gasteiger partial charge in [0, 0.05) is 4.47 Å². The summed E-state index contributed by atoms with van der Waals surface area (Å²) in [7, 11) is 1.61. The maximum absolute atomic E-state index is 9.40. The van der Waals surface area contributed by atoms with E-state index in [0.29, 0.717) is 23.7 Å². The number of nitrogens with zero attached hydrogens (tertiary/aromatic N) is 1. The van der Waals surface area contributed by atoms with Crippen LogP contribution in [-0.4, -0.2) is 13.7 Å². The summed E-state index contributed by atoms with van der Waals surface area (Å²) >= 11 is 3.39. The van der Waals surface area contributed by atoms with Crippen molar-refractivity contribution in [2.75, 3.05) is 13.7 Å². The summed E-state index contributed by atoms with van der Waals surface area (Å²) in [6, 6.07) is 15.5. The van der Waals surface area contributed by atoms with Crippen molar-refractivity contribution in [2.24, 2.45) is 0 Å². The van der Waals surface area contributed by atoms with Crippen LogP contribution in [0.15, 0.2) is 46.9 Å². The first-order valence-corrected chi connectivity index (χ1v) is 7.65. The Labute approximate surface area is 138 Å². The van der Waals surface area contributed by atoms with Crippen molar-refractivity contribution >= 4 is 27.6 Å². The number of rotatable bonds is 5. The van der Waals surface area contributed by atoms with E-state index in [0.717, 1.165) is 15.6 Å². The molecule has 2 rings (SSSR count). The molecule has 0 aliphatic rings. The van der Waals surface area contributed by atoms with E-state index in [1.54, 1.807) is 7.11 Å². The Morgan fingerprint density at radius 1 is 1.18 bits per heavy atom. The van der Waals surface area contributed by atoms with Crippen LogP contribution in [0.3, 0.4) is 0 Å². The zero-order valence-corrected chi connectivity index (χ0v) is 14.1. The van der Waals surface area contributed by atoms with Crippen LogP contribution in [-0.2, 0) is 0 Å². The Morgan fingerprint density at radius 3 is 2.50 bits per heavy atom. The molecule has 2 aromatic rings. The average molecular weight is 358 g/mol. The summed E-state index contributed by atoms with van der Waals surface area (Å²) in [6.45, 7) is 2.48. The molecule has 0 saturated carbocycles. The fourth-order valence-corrected chi connectivity index (χ4v) is 2.29. The minimum absolute atomic E-state index is 0.557. The monoisotopic (exact) mass is 357 g/mol. The van der Waals surface area contributed by atoms with Crippen LogP contribution in [0.4, 0.5) is 0 Å². The first kappa shape index (κ1) is 16.1. The predicted octanol–water partition coefficient (Wildman–Crippen LogP) is 4.92. The normalized spacial score (nSPS) is 10.9. The molecule has 0 unspecified atom stereocenters. The lowest BCUT2D eigenvalue weighted by Gasteiger charge is -2.10. The topological polar surface area (TPSA) is 42.2 Å². The third-order valence-electron chi connectivity index (χ3n) is 3.07. The van der Waals surface area contributed by atoms with Gasteiger partial charge in [0.25, 0.3) is 0 Å². The zero-order valence-electron chi connectivity index (χ0n) is 12.5. The van der Waals surface area contributed by atoms with Gasteiger partial charge >= 0.3 is 0 Å². The summed E-state index contributed by atoms with van der Waals surface area (Å²) < 4.78 is 11.8.